The third-order valence-electron chi connectivity index (χ3n) is 5.80. The minimum atomic E-state index is -0.486. The standard InChI is InChI=1S/C26H21BrN2O5/c1-14-3-5-15(6-4-14)12-31-25-19(27)7-16(8-23(25)30-2)24-17-9-21-22(33-13-32-21)10-20(17)34-26(29)18(24)11-28/h3-10,24H,12-13,29H2,1-2H3/t24-/m1/s1. The number of rotatable bonds is 5. The van der Waals surface area contributed by atoms with E-state index in [0.717, 1.165) is 16.7 Å². The van der Waals surface area contributed by atoms with Crippen LogP contribution in [0.4, 0.5) is 0 Å². The number of aryl methyl sites for hydroxylation is 1. The van der Waals surface area contributed by atoms with Crippen LogP contribution in [-0.2, 0) is 6.61 Å². The van der Waals surface area contributed by atoms with Gasteiger partial charge in [-0.15, -0.1) is 0 Å². The molecule has 7 nitrogen and oxygen atoms in total. The van der Waals surface area contributed by atoms with Gasteiger partial charge >= 0.3 is 0 Å². The first-order valence-corrected chi connectivity index (χ1v) is 11.3. The molecule has 3 aromatic carbocycles. The Morgan fingerprint density at radius 3 is 2.53 bits per heavy atom. The Bertz CT molecular complexity index is 1340. The lowest BCUT2D eigenvalue weighted by Crippen LogP contribution is -2.21. The third-order valence-corrected chi connectivity index (χ3v) is 6.39. The summed E-state index contributed by atoms with van der Waals surface area (Å²) in [6.45, 7) is 2.55. The first kappa shape index (κ1) is 22.0. The highest BCUT2D eigenvalue weighted by Crippen LogP contribution is 2.50. The molecule has 0 aliphatic carbocycles. The van der Waals surface area contributed by atoms with Gasteiger partial charge in [-0.1, -0.05) is 29.8 Å². The first-order valence-electron chi connectivity index (χ1n) is 10.6. The molecule has 8 heteroatoms. The molecule has 0 amide bonds. The summed E-state index contributed by atoms with van der Waals surface area (Å²) in [7, 11) is 1.58. The number of hydrogen-bond acceptors (Lipinski definition) is 7. The summed E-state index contributed by atoms with van der Waals surface area (Å²) in [4.78, 5) is 0. The van der Waals surface area contributed by atoms with Crippen molar-refractivity contribution in [1.82, 2.24) is 0 Å². The molecule has 2 N–H and O–H groups in total. The molecule has 1 atom stereocenters. The topological polar surface area (TPSA) is 96.0 Å². The van der Waals surface area contributed by atoms with Crippen LogP contribution in [0.1, 0.15) is 28.2 Å². The quantitative estimate of drug-likeness (QED) is 0.487. The predicted octanol–water partition coefficient (Wildman–Crippen LogP) is 5.29. The summed E-state index contributed by atoms with van der Waals surface area (Å²) in [6.07, 6.45) is 0. The van der Waals surface area contributed by atoms with Gasteiger partial charge in [0.05, 0.1) is 17.5 Å². The number of allylic oxidation sites excluding steroid dienone is 1. The largest absolute Gasteiger partial charge is 0.493 e. The van der Waals surface area contributed by atoms with Crippen LogP contribution in [0.5, 0.6) is 28.7 Å². The van der Waals surface area contributed by atoms with Crippen molar-refractivity contribution in [1.29, 1.82) is 5.26 Å². The summed E-state index contributed by atoms with van der Waals surface area (Å²) in [5, 5.41) is 9.90. The maximum absolute atomic E-state index is 9.90. The fraction of sp³-hybridized carbons (Fsp3) is 0.192. The second-order valence-electron chi connectivity index (χ2n) is 7.98. The minimum absolute atomic E-state index is 0.0497. The lowest BCUT2D eigenvalue weighted by Gasteiger charge is -2.27. The summed E-state index contributed by atoms with van der Waals surface area (Å²) in [5.74, 6) is 2.34. The van der Waals surface area contributed by atoms with Gasteiger partial charge in [0.1, 0.15) is 24.0 Å². The lowest BCUT2D eigenvalue weighted by molar-refractivity contribution is 0.174. The normalized spacial score (nSPS) is 15.9. The van der Waals surface area contributed by atoms with Crippen molar-refractivity contribution in [3.63, 3.8) is 0 Å². The molecule has 0 saturated heterocycles. The molecule has 0 unspecified atom stereocenters. The van der Waals surface area contributed by atoms with Crippen LogP contribution in [0, 0.1) is 18.3 Å². The minimum Gasteiger partial charge on any atom is -0.493 e. The molecule has 172 valence electrons. The van der Waals surface area contributed by atoms with Crippen LogP contribution in [-0.4, -0.2) is 13.9 Å². The molecular weight excluding hydrogens is 500 g/mol. The van der Waals surface area contributed by atoms with E-state index < -0.39 is 5.92 Å². The van der Waals surface area contributed by atoms with Crippen molar-refractivity contribution in [3.05, 3.63) is 86.7 Å². The summed E-state index contributed by atoms with van der Waals surface area (Å²) in [5.41, 5.74) is 10.2. The van der Waals surface area contributed by atoms with Gasteiger partial charge in [0.15, 0.2) is 23.0 Å². The number of benzene rings is 3. The molecule has 34 heavy (non-hydrogen) atoms. The summed E-state index contributed by atoms with van der Waals surface area (Å²) in [6, 6.07) is 17.7. The Morgan fingerprint density at radius 1 is 1.09 bits per heavy atom. The van der Waals surface area contributed by atoms with E-state index in [1.165, 1.54) is 5.56 Å². The average Bonchev–Trinajstić information content (AvgIpc) is 3.29. The van der Waals surface area contributed by atoms with Crippen molar-refractivity contribution in [2.75, 3.05) is 13.9 Å². The van der Waals surface area contributed by atoms with Crippen LogP contribution in [0.15, 0.2) is 64.5 Å². The van der Waals surface area contributed by atoms with Gasteiger partial charge < -0.3 is 29.4 Å². The predicted molar refractivity (Wildman–Crippen MR) is 128 cm³/mol. The van der Waals surface area contributed by atoms with E-state index >= 15 is 0 Å². The molecule has 0 radical (unpaired) electrons. The third kappa shape index (κ3) is 3.88. The van der Waals surface area contributed by atoms with Crippen molar-refractivity contribution in [3.8, 4) is 34.8 Å². The van der Waals surface area contributed by atoms with Crippen LogP contribution >= 0.6 is 15.9 Å². The fourth-order valence-electron chi connectivity index (χ4n) is 4.08. The molecule has 2 aliphatic heterocycles. The van der Waals surface area contributed by atoms with E-state index in [1.54, 1.807) is 13.2 Å². The van der Waals surface area contributed by atoms with Crippen molar-refractivity contribution in [2.24, 2.45) is 5.73 Å². The number of fused-ring (bicyclic) bond motifs is 2. The number of ether oxygens (including phenoxy) is 5. The molecule has 0 spiro atoms. The van der Waals surface area contributed by atoms with Gasteiger partial charge in [-0.05, 0) is 52.2 Å². The maximum Gasteiger partial charge on any atom is 0.231 e. The second-order valence-corrected chi connectivity index (χ2v) is 8.83. The molecule has 2 heterocycles. The van der Waals surface area contributed by atoms with Crippen molar-refractivity contribution in [2.45, 2.75) is 19.4 Å². The zero-order valence-electron chi connectivity index (χ0n) is 18.6. The van der Waals surface area contributed by atoms with Gasteiger partial charge in [0.25, 0.3) is 0 Å². The zero-order chi connectivity index (χ0) is 23.8. The molecule has 0 fully saturated rings. The van der Waals surface area contributed by atoms with Crippen LogP contribution in [0.2, 0.25) is 0 Å². The SMILES string of the molecule is COc1cc([C@H]2C(C#N)=C(N)Oc3cc4c(cc32)OCO4)cc(Br)c1OCc1ccc(C)cc1. The Kier molecular flexibility index (Phi) is 5.72. The highest BCUT2D eigenvalue weighted by atomic mass is 79.9. The number of nitriles is 1. The molecule has 2 aliphatic rings. The Morgan fingerprint density at radius 2 is 1.82 bits per heavy atom. The average molecular weight is 521 g/mol. The lowest BCUT2D eigenvalue weighted by atomic mass is 9.83. The fourth-order valence-corrected chi connectivity index (χ4v) is 4.65. The van der Waals surface area contributed by atoms with Gasteiger partial charge in [-0.25, -0.2) is 0 Å². The van der Waals surface area contributed by atoms with Gasteiger partial charge in [-0.3, -0.25) is 0 Å². The number of halogens is 1. The number of methoxy groups -OCH3 is 1. The highest BCUT2D eigenvalue weighted by Gasteiger charge is 2.34. The van der Waals surface area contributed by atoms with E-state index in [4.69, 9.17) is 29.4 Å². The van der Waals surface area contributed by atoms with E-state index in [1.807, 2.05) is 49.4 Å². The Balaban J connectivity index is 1.55. The molecule has 0 saturated carbocycles. The monoisotopic (exact) mass is 520 g/mol. The highest BCUT2D eigenvalue weighted by molar-refractivity contribution is 9.10. The molecule has 0 aromatic heterocycles. The smallest absolute Gasteiger partial charge is 0.231 e. The molecule has 5 rings (SSSR count). The van der Waals surface area contributed by atoms with Crippen LogP contribution < -0.4 is 29.4 Å². The van der Waals surface area contributed by atoms with Gasteiger partial charge in [0.2, 0.25) is 12.7 Å². The van der Waals surface area contributed by atoms with Gasteiger partial charge in [0, 0.05) is 11.6 Å². The Labute approximate surface area is 205 Å². The molecular formula is C26H21BrN2O5. The first-order chi connectivity index (χ1) is 16.5. The van der Waals surface area contributed by atoms with Crippen LogP contribution in [0.25, 0.3) is 0 Å². The molecule has 3 aromatic rings. The van der Waals surface area contributed by atoms with Crippen molar-refractivity contribution >= 4 is 15.9 Å². The number of nitrogens with two attached hydrogens (primary N) is 1. The van der Waals surface area contributed by atoms with Crippen molar-refractivity contribution < 1.29 is 23.7 Å². The molecule has 0 bridgehead atoms. The number of hydrogen-bond donors (Lipinski definition) is 1. The second kappa shape index (κ2) is 8.84. The zero-order valence-corrected chi connectivity index (χ0v) is 20.1. The maximum atomic E-state index is 9.90. The van der Waals surface area contributed by atoms with Gasteiger partial charge in [-0.2, -0.15) is 5.26 Å². The number of nitrogens with zero attached hydrogens (tertiary/aromatic N) is 1. The van der Waals surface area contributed by atoms with E-state index in [2.05, 4.69) is 22.0 Å². The summed E-state index contributed by atoms with van der Waals surface area (Å²) < 4.78 is 29.2. The van der Waals surface area contributed by atoms with E-state index in [-0.39, 0.29) is 12.7 Å². The Hall–Kier alpha value is -3.83. The van der Waals surface area contributed by atoms with E-state index in [0.29, 0.717) is 45.4 Å². The van der Waals surface area contributed by atoms with Crippen LogP contribution in [0.3, 0.4) is 0 Å². The van der Waals surface area contributed by atoms with E-state index in [9.17, 15) is 5.26 Å². The summed E-state index contributed by atoms with van der Waals surface area (Å²) >= 11 is 3.63.